The average Bonchev–Trinajstić information content (AvgIpc) is 2.67. The van der Waals surface area contributed by atoms with Gasteiger partial charge in [0.15, 0.2) is 17.9 Å². The van der Waals surface area contributed by atoms with Crippen molar-refractivity contribution < 1.29 is 4.79 Å². The summed E-state index contributed by atoms with van der Waals surface area (Å²) in [5.74, 6) is 1.85. The molecule has 1 heterocycles. The fraction of sp³-hybridized carbons (Fsp3) is 0.400. The fourth-order valence-corrected chi connectivity index (χ4v) is 3.30. The first-order valence-corrected chi connectivity index (χ1v) is 10.5. The van der Waals surface area contributed by atoms with E-state index >= 15 is 0 Å². The lowest BCUT2D eigenvalue weighted by atomic mass is 10.2. The van der Waals surface area contributed by atoms with Crippen LogP contribution in [0.25, 0.3) is 0 Å². The molecule has 0 fully saturated rings. The summed E-state index contributed by atoms with van der Waals surface area (Å²) < 4.78 is 0. The number of carbonyl (C=O) groups excluding carboxylic acids is 1. The van der Waals surface area contributed by atoms with Crippen LogP contribution in [0, 0.1) is 6.92 Å². The average molecular weight is 420 g/mol. The predicted molar refractivity (Wildman–Crippen MR) is 118 cm³/mol. The predicted octanol–water partition coefficient (Wildman–Crippen LogP) is 4.41. The van der Waals surface area contributed by atoms with Crippen LogP contribution in [0.4, 0.5) is 11.5 Å². The maximum absolute atomic E-state index is 11.6. The van der Waals surface area contributed by atoms with Gasteiger partial charge in [0.05, 0.1) is 5.69 Å². The minimum absolute atomic E-state index is 0.157. The first-order valence-electron chi connectivity index (χ1n) is 9.12. The minimum Gasteiger partial charge on any atom is -0.363 e. The number of halogens is 1. The highest BCUT2D eigenvalue weighted by Crippen LogP contribution is 2.31. The third-order valence-corrected chi connectivity index (χ3v) is 5.24. The number of aromatic nitrogens is 2. The first-order chi connectivity index (χ1) is 13.3. The second-order valence-electron chi connectivity index (χ2n) is 6.50. The van der Waals surface area contributed by atoms with Crippen molar-refractivity contribution >= 4 is 47.0 Å². The maximum Gasteiger partial charge on any atom is 0.224 e. The molecule has 0 bridgehead atoms. The van der Waals surface area contributed by atoms with Crippen molar-refractivity contribution in [3.63, 3.8) is 0 Å². The first kappa shape index (κ1) is 22.2. The molecule has 150 valence electrons. The van der Waals surface area contributed by atoms with Gasteiger partial charge in [0.1, 0.15) is 5.69 Å². The summed E-state index contributed by atoms with van der Waals surface area (Å²) in [4.78, 5) is 27.8. The van der Waals surface area contributed by atoms with E-state index in [1.807, 2.05) is 37.9 Å². The summed E-state index contributed by atoms with van der Waals surface area (Å²) in [6, 6.07) is 8.43. The van der Waals surface area contributed by atoms with Crippen LogP contribution in [0.2, 0.25) is 5.28 Å². The van der Waals surface area contributed by atoms with Crippen molar-refractivity contribution in [1.82, 2.24) is 15.3 Å². The lowest BCUT2D eigenvalue weighted by Gasteiger charge is -2.24. The van der Waals surface area contributed by atoms with Crippen LogP contribution in [-0.4, -0.2) is 40.9 Å². The van der Waals surface area contributed by atoms with Crippen molar-refractivity contribution in [3.8, 4) is 0 Å². The van der Waals surface area contributed by atoms with Crippen molar-refractivity contribution in [2.24, 2.45) is 4.99 Å². The van der Waals surface area contributed by atoms with E-state index in [1.54, 1.807) is 18.7 Å². The zero-order chi connectivity index (χ0) is 20.7. The van der Waals surface area contributed by atoms with E-state index < -0.39 is 0 Å². The lowest BCUT2D eigenvalue weighted by molar-refractivity contribution is -0.102. The number of nitrogens with one attached hydrogen (secondary N) is 1. The number of aldehydes is 1. The Labute approximate surface area is 175 Å². The summed E-state index contributed by atoms with van der Waals surface area (Å²) >= 11 is 7.83. The normalized spacial score (nSPS) is 11.6. The third-order valence-electron chi connectivity index (χ3n) is 4.17. The van der Waals surface area contributed by atoms with Crippen LogP contribution in [0.3, 0.4) is 0 Å². The van der Waals surface area contributed by atoms with Crippen LogP contribution in [0.1, 0.15) is 32.0 Å². The molecule has 1 N–H and O–H groups in total. The summed E-state index contributed by atoms with van der Waals surface area (Å²) in [6.07, 6.45) is 0.703. The molecular formula is C20H26ClN5OS. The number of aliphatic imine (C=N–C) groups is 1. The van der Waals surface area contributed by atoms with Crippen LogP contribution < -0.4 is 10.2 Å². The number of thioether (sulfide) groups is 1. The number of anilines is 1. The molecule has 0 aliphatic rings. The summed E-state index contributed by atoms with van der Waals surface area (Å²) in [5, 5.41) is 3.25. The Morgan fingerprint density at radius 1 is 1.32 bits per heavy atom. The molecule has 0 amide bonds. The summed E-state index contributed by atoms with van der Waals surface area (Å²) in [5.41, 5.74) is 2.22. The molecule has 28 heavy (non-hydrogen) atoms. The molecular weight excluding hydrogens is 394 g/mol. The van der Waals surface area contributed by atoms with Gasteiger partial charge in [0, 0.05) is 24.5 Å². The van der Waals surface area contributed by atoms with E-state index in [1.165, 1.54) is 4.90 Å². The van der Waals surface area contributed by atoms with Gasteiger partial charge in [-0.1, -0.05) is 19.1 Å². The van der Waals surface area contributed by atoms with E-state index in [2.05, 4.69) is 39.3 Å². The summed E-state index contributed by atoms with van der Waals surface area (Å²) in [6.45, 7) is 8.50. The number of hydrogen-bond donors (Lipinski definition) is 1. The molecule has 0 radical (unpaired) electrons. The Morgan fingerprint density at radius 3 is 2.57 bits per heavy atom. The molecule has 1 aromatic carbocycles. The van der Waals surface area contributed by atoms with Crippen molar-refractivity contribution in [2.45, 2.75) is 45.2 Å². The Hall–Kier alpha value is -2.12. The molecule has 0 spiro atoms. The van der Waals surface area contributed by atoms with Crippen LogP contribution >= 0.6 is 23.4 Å². The van der Waals surface area contributed by atoms with E-state index in [0.29, 0.717) is 30.0 Å². The van der Waals surface area contributed by atoms with Gasteiger partial charge in [-0.25, -0.2) is 9.98 Å². The molecule has 2 aromatic rings. The molecule has 8 heteroatoms. The van der Waals surface area contributed by atoms with Gasteiger partial charge in [0.2, 0.25) is 5.28 Å². The van der Waals surface area contributed by atoms with Crippen LogP contribution in [0.15, 0.2) is 34.2 Å². The van der Waals surface area contributed by atoms with Crippen molar-refractivity contribution in [2.75, 3.05) is 17.7 Å². The molecule has 0 saturated carbocycles. The van der Waals surface area contributed by atoms with Gasteiger partial charge in [0.25, 0.3) is 0 Å². The van der Waals surface area contributed by atoms with Gasteiger partial charge < -0.3 is 10.2 Å². The van der Waals surface area contributed by atoms with E-state index in [-0.39, 0.29) is 17.2 Å². The van der Waals surface area contributed by atoms with Gasteiger partial charge in [-0.3, -0.25) is 4.79 Å². The number of nitrogens with zero attached hydrogens (tertiary/aromatic N) is 4. The van der Waals surface area contributed by atoms with Gasteiger partial charge in [-0.05, 0) is 55.8 Å². The number of hydrogen-bond acceptors (Lipinski definition) is 6. The highest BCUT2D eigenvalue weighted by Gasteiger charge is 2.17. The van der Waals surface area contributed by atoms with E-state index in [9.17, 15) is 4.79 Å². The number of aryl methyl sites for hydroxylation is 1. The topological polar surface area (TPSA) is 70.5 Å². The number of amidine groups is 1. The Morgan fingerprint density at radius 2 is 2.00 bits per heavy atom. The SMILES string of the molecule is CCSc1ccc(CN/C(C=O)=N/c2c(C)nc(Cl)nc2N(C)C(C)C)cc1. The standard InChI is InChI=1S/C20H26ClN5OS/c1-6-28-16-9-7-15(8-10-16)11-22-17(12-27)24-18-14(4)23-20(21)25-19(18)26(5)13(2)3/h7-10,12-13H,6,11H2,1-5H3,(H,22,24). The second kappa shape index (κ2) is 10.4. The van der Waals surface area contributed by atoms with Crippen molar-refractivity contribution in [3.05, 3.63) is 40.8 Å². The largest absolute Gasteiger partial charge is 0.363 e. The fourth-order valence-electron chi connectivity index (χ4n) is 2.43. The molecule has 6 nitrogen and oxygen atoms in total. The van der Waals surface area contributed by atoms with E-state index in [0.717, 1.165) is 11.3 Å². The Kier molecular flexibility index (Phi) is 8.26. The number of benzene rings is 1. The smallest absolute Gasteiger partial charge is 0.224 e. The monoisotopic (exact) mass is 419 g/mol. The highest BCUT2D eigenvalue weighted by molar-refractivity contribution is 7.99. The Balaban J connectivity index is 2.25. The molecule has 0 saturated heterocycles. The maximum atomic E-state index is 11.6. The van der Waals surface area contributed by atoms with E-state index in [4.69, 9.17) is 11.6 Å². The van der Waals surface area contributed by atoms with Crippen molar-refractivity contribution in [1.29, 1.82) is 0 Å². The zero-order valence-electron chi connectivity index (χ0n) is 16.9. The van der Waals surface area contributed by atoms with Crippen LogP contribution in [0.5, 0.6) is 0 Å². The molecule has 1 aromatic heterocycles. The Bertz CT molecular complexity index is 839. The van der Waals surface area contributed by atoms with Crippen LogP contribution in [-0.2, 0) is 11.3 Å². The van der Waals surface area contributed by atoms with Gasteiger partial charge in [-0.2, -0.15) is 4.98 Å². The summed E-state index contributed by atoms with van der Waals surface area (Å²) in [7, 11) is 1.91. The minimum atomic E-state index is 0.157. The third kappa shape index (κ3) is 5.94. The zero-order valence-corrected chi connectivity index (χ0v) is 18.4. The molecule has 0 atom stereocenters. The lowest BCUT2D eigenvalue weighted by Crippen LogP contribution is -2.28. The quantitative estimate of drug-likeness (QED) is 0.224. The number of carbonyl (C=O) groups is 1. The molecule has 2 rings (SSSR count). The molecule has 0 aliphatic heterocycles. The second-order valence-corrected chi connectivity index (χ2v) is 8.18. The molecule has 0 unspecified atom stereocenters. The number of rotatable bonds is 8. The van der Waals surface area contributed by atoms with Gasteiger partial charge in [-0.15, -0.1) is 11.8 Å². The highest BCUT2D eigenvalue weighted by atomic mass is 35.5. The molecule has 0 aliphatic carbocycles. The van der Waals surface area contributed by atoms with Gasteiger partial charge >= 0.3 is 0 Å².